The molecule has 1 aromatic heterocycles. The minimum Gasteiger partial charge on any atom is -0.381 e. The van der Waals surface area contributed by atoms with Crippen molar-refractivity contribution in [1.82, 2.24) is 4.98 Å². The molecule has 0 radical (unpaired) electrons. The molecule has 4 rings (SSSR count). The van der Waals surface area contributed by atoms with Gasteiger partial charge in [-0.1, -0.05) is 17.8 Å². The first-order valence-corrected chi connectivity index (χ1v) is 10.0. The molecule has 146 valence electrons. The molecule has 28 heavy (non-hydrogen) atoms. The van der Waals surface area contributed by atoms with E-state index in [0.29, 0.717) is 28.5 Å². The van der Waals surface area contributed by atoms with Gasteiger partial charge < -0.3 is 15.8 Å². The average molecular weight is 400 g/mol. The summed E-state index contributed by atoms with van der Waals surface area (Å²) in [6.07, 6.45) is 2.90. The van der Waals surface area contributed by atoms with E-state index in [1.807, 2.05) is 0 Å². The van der Waals surface area contributed by atoms with Gasteiger partial charge in [0.1, 0.15) is 11.5 Å². The summed E-state index contributed by atoms with van der Waals surface area (Å²) in [5, 5.41) is 3.25. The van der Waals surface area contributed by atoms with Crippen molar-refractivity contribution in [2.75, 3.05) is 18.2 Å². The zero-order chi connectivity index (χ0) is 19.7. The van der Waals surface area contributed by atoms with Crippen LogP contribution in [0.5, 0.6) is 0 Å². The van der Waals surface area contributed by atoms with E-state index < -0.39 is 5.54 Å². The second-order valence-electron chi connectivity index (χ2n) is 7.04. The lowest BCUT2D eigenvalue weighted by Crippen LogP contribution is -2.37. The molecule has 1 aliphatic heterocycles. The highest BCUT2D eigenvalue weighted by molar-refractivity contribution is 8.13. The SMILES string of the molecule is CO[C@H]1C[C@H]2CSC(N)=N[C@@]2(c2cc(NC(=O)c3ccccn3)ccc2F)C1. The third-order valence-corrected chi connectivity index (χ3v) is 6.38. The van der Waals surface area contributed by atoms with Crippen LogP contribution in [-0.4, -0.2) is 35.0 Å². The van der Waals surface area contributed by atoms with Crippen LogP contribution in [0.1, 0.15) is 28.9 Å². The number of fused-ring (bicyclic) bond motifs is 1. The Morgan fingerprint density at radius 1 is 1.39 bits per heavy atom. The number of amidine groups is 1. The number of nitrogens with two attached hydrogens (primary N) is 1. The number of hydrogen-bond donors (Lipinski definition) is 2. The van der Waals surface area contributed by atoms with Gasteiger partial charge in [0.25, 0.3) is 5.91 Å². The molecule has 6 nitrogen and oxygen atoms in total. The predicted octanol–water partition coefficient (Wildman–Crippen LogP) is 3.15. The van der Waals surface area contributed by atoms with Crippen molar-refractivity contribution in [3.05, 3.63) is 59.7 Å². The van der Waals surface area contributed by atoms with Crippen LogP contribution in [-0.2, 0) is 10.3 Å². The number of ether oxygens (including phenoxy) is 1. The topological polar surface area (TPSA) is 89.6 Å². The molecule has 0 spiro atoms. The molecule has 0 bridgehead atoms. The summed E-state index contributed by atoms with van der Waals surface area (Å²) in [5.74, 6) is 0.168. The second kappa shape index (κ2) is 7.52. The van der Waals surface area contributed by atoms with Crippen molar-refractivity contribution < 1.29 is 13.9 Å². The minimum atomic E-state index is -0.772. The van der Waals surface area contributed by atoms with Crippen LogP contribution in [0.4, 0.5) is 10.1 Å². The van der Waals surface area contributed by atoms with E-state index in [9.17, 15) is 9.18 Å². The van der Waals surface area contributed by atoms with E-state index in [1.54, 1.807) is 43.6 Å². The summed E-state index contributed by atoms with van der Waals surface area (Å²) in [5.41, 5.74) is 6.47. The Labute approximate surface area is 166 Å². The fraction of sp³-hybridized carbons (Fsp3) is 0.350. The van der Waals surface area contributed by atoms with Crippen LogP contribution >= 0.6 is 11.8 Å². The fourth-order valence-electron chi connectivity index (χ4n) is 4.06. The summed E-state index contributed by atoms with van der Waals surface area (Å²) in [6, 6.07) is 9.66. The highest BCUT2D eigenvalue weighted by Crippen LogP contribution is 2.52. The third kappa shape index (κ3) is 3.38. The predicted molar refractivity (Wildman–Crippen MR) is 108 cm³/mol. The van der Waals surface area contributed by atoms with Crippen LogP contribution in [0.25, 0.3) is 0 Å². The fourth-order valence-corrected chi connectivity index (χ4v) is 5.07. The van der Waals surface area contributed by atoms with Crippen LogP contribution < -0.4 is 11.1 Å². The zero-order valence-corrected chi connectivity index (χ0v) is 16.2. The van der Waals surface area contributed by atoms with Gasteiger partial charge in [0.05, 0.1) is 11.6 Å². The number of carbonyl (C=O) groups is 1. The molecule has 3 atom stereocenters. The van der Waals surface area contributed by atoms with Crippen molar-refractivity contribution in [3.63, 3.8) is 0 Å². The van der Waals surface area contributed by atoms with Gasteiger partial charge in [-0.2, -0.15) is 0 Å². The van der Waals surface area contributed by atoms with Gasteiger partial charge in [0.15, 0.2) is 5.17 Å². The smallest absolute Gasteiger partial charge is 0.274 e. The maximum Gasteiger partial charge on any atom is 0.274 e. The van der Waals surface area contributed by atoms with E-state index in [4.69, 9.17) is 15.5 Å². The summed E-state index contributed by atoms with van der Waals surface area (Å²) < 4.78 is 20.5. The number of carbonyl (C=O) groups excluding carboxylic acids is 1. The van der Waals surface area contributed by atoms with Gasteiger partial charge in [0, 0.05) is 42.6 Å². The maximum atomic E-state index is 14.9. The highest BCUT2D eigenvalue weighted by atomic mass is 32.2. The second-order valence-corrected chi connectivity index (χ2v) is 8.08. The molecular formula is C20H21FN4O2S. The first-order valence-electron chi connectivity index (χ1n) is 9.05. The lowest BCUT2D eigenvalue weighted by atomic mass is 9.81. The number of halogens is 1. The molecule has 2 aliphatic rings. The number of aliphatic imine (C=N–C) groups is 1. The van der Waals surface area contributed by atoms with Crippen molar-refractivity contribution in [2.45, 2.75) is 24.5 Å². The minimum absolute atomic E-state index is 0.00795. The average Bonchev–Trinajstić information content (AvgIpc) is 3.09. The molecule has 8 heteroatoms. The van der Waals surface area contributed by atoms with E-state index in [1.165, 1.54) is 17.8 Å². The van der Waals surface area contributed by atoms with E-state index in [2.05, 4.69) is 10.3 Å². The van der Waals surface area contributed by atoms with Crippen molar-refractivity contribution in [1.29, 1.82) is 0 Å². The van der Waals surface area contributed by atoms with Crippen LogP contribution in [0.3, 0.4) is 0 Å². The molecule has 1 fully saturated rings. The van der Waals surface area contributed by atoms with E-state index in [-0.39, 0.29) is 23.7 Å². The number of anilines is 1. The molecule has 1 saturated carbocycles. The molecule has 1 amide bonds. The van der Waals surface area contributed by atoms with Crippen molar-refractivity contribution >= 4 is 28.5 Å². The first-order chi connectivity index (χ1) is 13.5. The Morgan fingerprint density at radius 2 is 2.25 bits per heavy atom. The number of nitrogens with one attached hydrogen (secondary N) is 1. The molecule has 2 aromatic rings. The number of methoxy groups -OCH3 is 1. The number of hydrogen-bond acceptors (Lipinski definition) is 6. The number of pyridine rings is 1. The molecule has 3 N–H and O–H groups in total. The maximum absolute atomic E-state index is 14.9. The standard InChI is InChI=1S/C20H21FN4O2S/c1-27-14-8-12-11-28-19(22)25-20(12,10-14)15-9-13(5-6-16(15)21)24-18(26)17-4-2-3-7-23-17/h2-7,9,12,14H,8,10-11H2,1H3,(H2,22,25)(H,24,26)/t12-,14-,20-/m0/s1. The number of aromatic nitrogens is 1. The molecule has 1 aromatic carbocycles. The zero-order valence-electron chi connectivity index (χ0n) is 15.4. The van der Waals surface area contributed by atoms with Crippen LogP contribution in [0, 0.1) is 11.7 Å². The molecule has 0 saturated heterocycles. The molecule has 0 unspecified atom stereocenters. The quantitative estimate of drug-likeness (QED) is 0.823. The van der Waals surface area contributed by atoms with E-state index in [0.717, 1.165) is 12.2 Å². The van der Waals surface area contributed by atoms with E-state index >= 15 is 0 Å². The third-order valence-electron chi connectivity index (χ3n) is 5.43. The monoisotopic (exact) mass is 400 g/mol. The molecule has 2 heterocycles. The highest BCUT2D eigenvalue weighted by Gasteiger charge is 2.52. The Balaban J connectivity index is 1.70. The number of rotatable bonds is 4. The van der Waals surface area contributed by atoms with Gasteiger partial charge in [-0.05, 0) is 36.8 Å². The summed E-state index contributed by atoms with van der Waals surface area (Å²) in [4.78, 5) is 21.2. The lowest BCUT2D eigenvalue weighted by Gasteiger charge is -2.36. The van der Waals surface area contributed by atoms with Gasteiger partial charge in [-0.25, -0.2) is 4.39 Å². The van der Waals surface area contributed by atoms with Gasteiger partial charge in [-0.3, -0.25) is 14.8 Å². The largest absolute Gasteiger partial charge is 0.381 e. The molecule has 1 aliphatic carbocycles. The number of nitrogens with zero attached hydrogens (tertiary/aromatic N) is 2. The Kier molecular flexibility index (Phi) is 5.07. The van der Waals surface area contributed by atoms with Gasteiger partial charge in [-0.15, -0.1) is 0 Å². The van der Waals surface area contributed by atoms with Crippen LogP contribution in [0.15, 0.2) is 47.6 Å². The Morgan fingerprint density at radius 3 is 3.00 bits per heavy atom. The molecular weight excluding hydrogens is 379 g/mol. The number of benzene rings is 1. The van der Waals surface area contributed by atoms with Crippen LogP contribution in [0.2, 0.25) is 0 Å². The summed E-state index contributed by atoms with van der Waals surface area (Å²) in [7, 11) is 1.66. The lowest BCUT2D eigenvalue weighted by molar-refractivity contribution is 0.101. The van der Waals surface area contributed by atoms with Crippen molar-refractivity contribution in [2.24, 2.45) is 16.6 Å². The first kappa shape index (κ1) is 18.9. The summed E-state index contributed by atoms with van der Waals surface area (Å²) >= 11 is 1.49. The number of amides is 1. The van der Waals surface area contributed by atoms with Gasteiger partial charge in [0.2, 0.25) is 0 Å². The Bertz CT molecular complexity index is 924. The van der Waals surface area contributed by atoms with Gasteiger partial charge >= 0.3 is 0 Å². The normalized spacial score (nSPS) is 26.4. The Hall–Kier alpha value is -2.45. The van der Waals surface area contributed by atoms with Crippen molar-refractivity contribution in [3.8, 4) is 0 Å². The number of thioether (sulfide) groups is 1. The summed E-state index contributed by atoms with van der Waals surface area (Å²) in [6.45, 7) is 0.